The molecule has 0 fully saturated rings. The van der Waals surface area contributed by atoms with E-state index in [0.29, 0.717) is 23.1 Å². The summed E-state index contributed by atoms with van der Waals surface area (Å²) in [6.45, 7) is 0. The van der Waals surface area contributed by atoms with Gasteiger partial charge in [-0.1, -0.05) is 0 Å². The van der Waals surface area contributed by atoms with Crippen LogP contribution in [0.5, 0.6) is 0 Å². The van der Waals surface area contributed by atoms with Gasteiger partial charge in [-0.05, 0) is 24.1 Å². The molecule has 0 saturated heterocycles. The van der Waals surface area contributed by atoms with Gasteiger partial charge in [0, 0.05) is 30.3 Å². The molecule has 0 saturated carbocycles. The fourth-order valence-corrected chi connectivity index (χ4v) is 2.62. The second-order valence-corrected chi connectivity index (χ2v) is 4.59. The van der Waals surface area contributed by atoms with E-state index in [0.717, 1.165) is 0 Å². The van der Waals surface area contributed by atoms with Crippen LogP contribution in [-0.2, 0) is 12.8 Å². The quantitative estimate of drug-likeness (QED) is 0.716. The molecule has 1 aliphatic rings. The molecule has 0 aliphatic heterocycles. The zero-order valence-electron chi connectivity index (χ0n) is 9.42. The predicted molar refractivity (Wildman–Crippen MR) is 59.7 cm³/mol. The summed E-state index contributed by atoms with van der Waals surface area (Å²) in [6, 6.07) is 2.47. The first-order chi connectivity index (χ1) is 8.52. The molecule has 2 nitrogen and oxygen atoms in total. The van der Waals surface area contributed by atoms with Gasteiger partial charge in [0.15, 0.2) is 6.29 Å². The Bertz CT molecular complexity index is 645. The number of carbonyl (C=O) groups excluding carboxylic acids is 1. The standard InChI is InChI=1S/C13H10F3NO/c14-8-2-4-17-11-1-3-13(15,16)6-9(11)10(7-18)12(17)5-8/h2,4-5,7H,1,3,6H2. The maximum Gasteiger partial charge on any atom is 0.252 e. The summed E-state index contributed by atoms with van der Waals surface area (Å²) in [6.07, 6.45) is 1.54. The van der Waals surface area contributed by atoms with Gasteiger partial charge in [-0.3, -0.25) is 4.79 Å². The third-order valence-electron chi connectivity index (χ3n) is 3.44. The molecule has 0 atom stereocenters. The zero-order chi connectivity index (χ0) is 12.9. The highest BCUT2D eigenvalue weighted by atomic mass is 19.3. The lowest BCUT2D eigenvalue weighted by Gasteiger charge is -2.22. The molecule has 0 bridgehead atoms. The zero-order valence-corrected chi connectivity index (χ0v) is 9.42. The van der Waals surface area contributed by atoms with Crippen LogP contribution < -0.4 is 0 Å². The first-order valence-corrected chi connectivity index (χ1v) is 5.66. The number of aromatic nitrogens is 1. The second kappa shape index (κ2) is 3.60. The van der Waals surface area contributed by atoms with Crippen LogP contribution in [0.15, 0.2) is 18.3 Å². The van der Waals surface area contributed by atoms with E-state index in [4.69, 9.17) is 0 Å². The van der Waals surface area contributed by atoms with Crippen LogP contribution in [0.4, 0.5) is 13.2 Å². The average molecular weight is 253 g/mol. The fourth-order valence-electron chi connectivity index (χ4n) is 2.62. The number of hydrogen-bond acceptors (Lipinski definition) is 1. The summed E-state index contributed by atoms with van der Waals surface area (Å²) < 4.78 is 41.6. The summed E-state index contributed by atoms with van der Waals surface area (Å²) in [5.41, 5.74) is 1.60. The van der Waals surface area contributed by atoms with E-state index >= 15 is 0 Å². The van der Waals surface area contributed by atoms with Crippen LogP contribution in [-0.4, -0.2) is 16.6 Å². The Morgan fingerprint density at radius 1 is 1.39 bits per heavy atom. The Labute approximate surface area is 101 Å². The molecule has 3 rings (SSSR count). The normalized spacial score (nSPS) is 17.7. The van der Waals surface area contributed by atoms with Crippen molar-refractivity contribution in [2.24, 2.45) is 0 Å². The summed E-state index contributed by atoms with van der Waals surface area (Å²) in [5.74, 6) is -3.26. The highest BCUT2D eigenvalue weighted by Gasteiger charge is 2.37. The number of aldehydes is 1. The third kappa shape index (κ3) is 1.54. The van der Waals surface area contributed by atoms with Gasteiger partial charge in [0.1, 0.15) is 5.82 Å². The summed E-state index contributed by atoms with van der Waals surface area (Å²) >= 11 is 0. The Balaban J connectivity index is 2.33. The Morgan fingerprint density at radius 3 is 2.89 bits per heavy atom. The lowest BCUT2D eigenvalue weighted by Crippen LogP contribution is -2.26. The van der Waals surface area contributed by atoms with Crippen molar-refractivity contribution in [3.8, 4) is 0 Å². The van der Waals surface area contributed by atoms with Crippen LogP contribution in [0.25, 0.3) is 5.52 Å². The number of carbonyl (C=O) groups is 1. The van der Waals surface area contributed by atoms with Crippen LogP contribution in [0, 0.1) is 5.82 Å². The molecular formula is C13H10F3NO. The Kier molecular flexibility index (Phi) is 2.27. The Morgan fingerprint density at radius 2 is 2.17 bits per heavy atom. The average Bonchev–Trinajstić information content (AvgIpc) is 2.59. The largest absolute Gasteiger partial charge is 0.320 e. The van der Waals surface area contributed by atoms with Gasteiger partial charge < -0.3 is 4.40 Å². The molecular weight excluding hydrogens is 243 g/mol. The molecule has 0 spiro atoms. The van der Waals surface area contributed by atoms with E-state index in [2.05, 4.69) is 0 Å². The highest BCUT2D eigenvalue weighted by molar-refractivity contribution is 5.90. The molecule has 0 N–H and O–H groups in total. The number of halogens is 3. The molecule has 5 heteroatoms. The van der Waals surface area contributed by atoms with E-state index in [1.54, 1.807) is 4.40 Å². The van der Waals surface area contributed by atoms with Gasteiger partial charge in [-0.2, -0.15) is 0 Å². The van der Waals surface area contributed by atoms with Gasteiger partial charge in [-0.25, -0.2) is 13.2 Å². The minimum absolute atomic E-state index is 0.184. The highest BCUT2D eigenvalue weighted by Crippen LogP contribution is 2.37. The molecule has 0 radical (unpaired) electrons. The molecule has 94 valence electrons. The molecule has 2 heterocycles. The van der Waals surface area contributed by atoms with Gasteiger partial charge in [0.2, 0.25) is 0 Å². The number of fused-ring (bicyclic) bond motifs is 3. The van der Waals surface area contributed by atoms with E-state index < -0.39 is 18.2 Å². The van der Waals surface area contributed by atoms with E-state index in [9.17, 15) is 18.0 Å². The van der Waals surface area contributed by atoms with Crippen molar-refractivity contribution in [1.82, 2.24) is 4.40 Å². The fraction of sp³-hybridized carbons (Fsp3) is 0.308. The smallest absolute Gasteiger partial charge is 0.252 e. The number of nitrogens with zero attached hydrogens (tertiary/aromatic N) is 1. The molecule has 18 heavy (non-hydrogen) atoms. The molecule has 2 aromatic heterocycles. The van der Waals surface area contributed by atoms with Crippen molar-refractivity contribution in [3.63, 3.8) is 0 Å². The number of aryl methyl sites for hydroxylation is 1. The van der Waals surface area contributed by atoms with Crippen LogP contribution in [0.1, 0.15) is 28.0 Å². The first kappa shape index (κ1) is 11.3. The van der Waals surface area contributed by atoms with E-state index in [-0.39, 0.29) is 18.4 Å². The number of hydrogen-bond donors (Lipinski definition) is 0. The van der Waals surface area contributed by atoms with Gasteiger partial charge in [0.05, 0.1) is 5.52 Å². The minimum Gasteiger partial charge on any atom is -0.320 e. The van der Waals surface area contributed by atoms with Crippen molar-refractivity contribution in [2.45, 2.75) is 25.2 Å². The molecule has 0 amide bonds. The first-order valence-electron chi connectivity index (χ1n) is 5.66. The predicted octanol–water partition coefficient (Wildman–Crippen LogP) is 3.01. The third-order valence-corrected chi connectivity index (χ3v) is 3.44. The molecule has 0 aromatic carbocycles. The lowest BCUT2D eigenvalue weighted by molar-refractivity contribution is -0.0126. The lowest BCUT2D eigenvalue weighted by atomic mass is 9.92. The SMILES string of the molecule is O=Cc1c2c(n3ccc(F)cc13)CCC(F)(F)C2. The number of pyridine rings is 1. The summed E-state index contributed by atoms with van der Waals surface area (Å²) in [5, 5.41) is 0. The van der Waals surface area contributed by atoms with Gasteiger partial charge in [0.25, 0.3) is 5.92 Å². The number of alkyl halides is 2. The van der Waals surface area contributed by atoms with Gasteiger partial charge >= 0.3 is 0 Å². The van der Waals surface area contributed by atoms with Crippen molar-refractivity contribution in [1.29, 1.82) is 0 Å². The molecule has 1 aliphatic carbocycles. The van der Waals surface area contributed by atoms with Crippen molar-refractivity contribution >= 4 is 11.8 Å². The van der Waals surface area contributed by atoms with E-state index in [1.807, 2.05) is 0 Å². The van der Waals surface area contributed by atoms with Crippen molar-refractivity contribution in [3.05, 3.63) is 41.0 Å². The second-order valence-electron chi connectivity index (χ2n) is 4.59. The summed E-state index contributed by atoms with van der Waals surface area (Å²) in [4.78, 5) is 11.1. The topological polar surface area (TPSA) is 21.5 Å². The maximum absolute atomic E-state index is 13.4. The Hall–Kier alpha value is -1.78. The van der Waals surface area contributed by atoms with Crippen molar-refractivity contribution in [2.75, 3.05) is 0 Å². The minimum atomic E-state index is -2.78. The van der Waals surface area contributed by atoms with Crippen LogP contribution in [0.3, 0.4) is 0 Å². The molecule has 0 unspecified atom stereocenters. The van der Waals surface area contributed by atoms with Gasteiger partial charge in [-0.15, -0.1) is 0 Å². The maximum atomic E-state index is 13.4. The van der Waals surface area contributed by atoms with Crippen LogP contribution >= 0.6 is 0 Å². The summed E-state index contributed by atoms with van der Waals surface area (Å²) in [7, 11) is 0. The van der Waals surface area contributed by atoms with Crippen LogP contribution in [0.2, 0.25) is 0 Å². The monoisotopic (exact) mass is 253 g/mol. The van der Waals surface area contributed by atoms with Crippen molar-refractivity contribution < 1.29 is 18.0 Å². The molecule has 2 aromatic rings. The van der Waals surface area contributed by atoms with E-state index in [1.165, 1.54) is 18.3 Å². The number of rotatable bonds is 1.